The van der Waals surface area contributed by atoms with Crippen LogP contribution in [0.1, 0.15) is 20.3 Å². The highest BCUT2D eigenvalue weighted by Crippen LogP contribution is 1.86. The minimum atomic E-state index is -0.342. The second-order valence-electron chi connectivity index (χ2n) is 3.12. The Morgan fingerprint density at radius 1 is 1.47 bits per heavy atom. The summed E-state index contributed by atoms with van der Waals surface area (Å²) in [5.74, 6) is -0.342. The van der Waals surface area contributed by atoms with E-state index >= 15 is 0 Å². The number of esters is 1. The molecule has 0 saturated carbocycles. The number of hydrogen-bond acceptors (Lipinski definition) is 5. The fourth-order valence-corrected chi connectivity index (χ4v) is 0.916. The van der Waals surface area contributed by atoms with Gasteiger partial charge in [-0.1, -0.05) is 6.92 Å². The summed E-state index contributed by atoms with van der Waals surface area (Å²) in [5.41, 5.74) is 0. The Morgan fingerprint density at radius 2 is 2.20 bits per heavy atom. The summed E-state index contributed by atoms with van der Waals surface area (Å²) in [6.07, 6.45) is 0.423. The minimum Gasteiger partial charge on any atom is -0.464 e. The molecule has 0 radical (unpaired) electrons. The van der Waals surface area contributed by atoms with Crippen LogP contribution in [0.2, 0.25) is 0 Å². The summed E-state index contributed by atoms with van der Waals surface area (Å²) in [4.78, 5) is 10.8. The molecule has 90 valence electrons. The number of aliphatic hydroxyl groups excluding tert-OH is 1. The van der Waals surface area contributed by atoms with Crippen molar-refractivity contribution < 1.29 is 19.4 Å². The molecule has 0 amide bonds. The van der Waals surface area contributed by atoms with Gasteiger partial charge in [0.25, 0.3) is 0 Å². The molecule has 1 unspecified atom stereocenters. The Bertz CT molecular complexity index is 164. The fourth-order valence-electron chi connectivity index (χ4n) is 0.916. The van der Waals surface area contributed by atoms with Gasteiger partial charge in [0.05, 0.1) is 19.3 Å². The molecular weight excluding hydrogens is 198 g/mol. The Labute approximate surface area is 90.8 Å². The zero-order chi connectivity index (χ0) is 11.5. The van der Waals surface area contributed by atoms with Gasteiger partial charge in [-0.25, -0.2) is 4.79 Å². The van der Waals surface area contributed by atoms with Gasteiger partial charge in [0, 0.05) is 13.1 Å². The minimum absolute atomic E-state index is 0.00808. The normalized spacial score (nSPS) is 12.5. The molecule has 0 aromatic carbocycles. The van der Waals surface area contributed by atoms with Crippen molar-refractivity contribution in [1.29, 1.82) is 0 Å². The number of rotatable bonds is 9. The first-order valence-electron chi connectivity index (χ1n) is 5.32. The summed E-state index contributed by atoms with van der Waals surface area (Å²) < 4.78 is 9.72. The maximum absolute atomic E-state index is 10.8. The second-order valence-corrected chi connectivity index (χ2v) is 3.12. The van der Waals surface area contributed by atoms with E-state index in [1.54, 1.807) is 6.92 Å². The number of aliphatic hydroxyl groups is 1. The van der Waals surface area contributed by atoms with E-state index in [0.717, 1.165) is 6.42 Å². The van der Waals surface area contributed by atoms with Gasteiger partial charge in [-0.3, -0.25) is 0 Å². The summed E-state index contributed by atoms with van der Waals surface area (Å²) >= 11 is 0. The average Bonchev–Trinajstić information content (AvgIpc) is 2.23. The quantitative estimate of drug-likeness (QED) is 0.419. The van der Waals surface area contributed by atoms with Crippen molar-refractivity contribution in [2.24, 2.45) is 0 Å². The number of carbonyl (C=O) groups excluding carboxylic acids is 1. The molecule has 5 nitrogen and oxygen atoms in total. The highest BCUT2D eigenvalue weighted by atomic mass is 16.6. The molecule has 0 aliphatic rings. The lowest BCUT2D eigenvalue weighted by Gasteiger charge is -2.09. The van der Waals surface area contributed by atoms with Crippen LogP contribution in [0, 0.1) is 0 Å². The molecule has 0 aliphatic heterocycles. The van der Waals surface area contributed by atoms with E-state index in [1.807, 2.05) is 6.92 Å². The molecule has 0 fully saturated rings. The molecule has 0 spiro atoms. The third kappa shape index (κ3) is 9.65. The number of carbonyl (C=O) groups is 1. The first kappa shape index (κ1) is 14.3. The van der Waals surface area contributed by atoms with Crippen LogP contribution in [-0.2, 0) is 14.3 Å². The zero-order valence-corrected chi connectivity index (χ0v) is 9.49. The van der Waals surface area contributed by atoms with Crippen LogP contribution < -0.4 is 5.32 Å². The van der Waals surface area contributed by atoms with Gasteiger partial charge in [0.15, 0.2) is 0 Å². The number of ether oxygens (including phenoxy) is 2. The van der Waals surface area contributed by atoms with Gasteiger partial charge in [-0.05, 0) is 13.3 Å². The Morgan fingerprint density at radius 3 is 2.80 bits per heavy atom. The van der Waals surface area contributed by atoms with Gasteiger partial charge >= 0.3 is 5.97 Å². The molecule has 5 heteroatoms. The molecular formula is C10H21NO4. The maximum atomic E-state index is 10.8. The lowest BCUT2D eigenvalue weighted by Crippen LogP contribution is -2.29. The van der Waals surface area contributed by atoms with E-state index < -0.39 is 0 Å². The smallest absolute Gasteiger partial charge is 0.332 e. The van der Waals surface area contributed by atoms with Crippen molar-refractivity contribution in [2.75, 3.05) is 32.9 Å². The molecule has 1 atom stereocenters. The highest BCUT2D eigenvalue weighted by Gasteiger charge is 2.01. The van der Waals surface area contributed by atoms with Crippen molar-refractivity contribution in [2.45, 2.75) is 26.4 Å². The first-order valence-corrected chi connectivity index (χ1v) is 5.32. The monoisotopic (exact) mass is 219 g/mol. The highest BCUT2D eigenvalue weighted by molar-refractivity contribution is 5.70. The molecule has 0 bridgehead atoms. The predicted molar refractivity (Wildman–Crippen MR) is 56.6 cm³/mol. The summed E-state index contributed by atoms with van der Waals surface area (Å²) in [5, 5.41) is 12.2. The molecule has 0 aliphatic carbocycles. The van der Waals surface area contributed by atoms with Crippen LogP contribution in [0.3, 0.4) is 0 Å². The molecule has 0 aromatic rings. The van der Waals surface area contributed by atoms with Gasteiger partial charge in [-0.15, -0.1) is 0 Å². The van der Waals surface area contributed by atoms with E-state index in [2.05, 4.69) is 10.1 Å². The van der Waals surface area contributed by atoms with Crippen LogP contribution in [0.4, 0.5) is 0 Å². The van der Waals surface area contributed by atoms with Gasteiger partial charge in [-0.2, -0.15) is 0 Å². The van der Waals surface area contributed by atoms with Crippen LogP contribution in [0.5, 0.6) is 0 Å². The van der Waals surface area contributed by atoms with Gasteiger partial charge in [0.1, 0.15) is 6.61 Å². The maximum Gasteiger partial charge on any atom is 0.332 e. The van der Waals surface area contributed by atoms with E-state index in [-0.39, 0.29) is 18.7 Å². The standard InChI is InChI=1S/C10H21NO4/c1-3-9(12)7-11-5-6-14-8-10(13)15-4-2/h9,11-12H,3-8H2,1-2H3. The van der Waals surface area contributed by atoms with Crippen molar-refractivity contribution >= 4 is 5.97 Å². The number of hydrogen-bond donors (Lipinski definition) is 2. The Balaban J connectivity index is 3.14. The third-order valence-corrected chi connectivity index (χ3v) is 1.80. The first-order chi connectivity index (χ1) is 7.20. The fraction of sp³-hybridized carbons (Fsp3) is 0.900. The third-order valence-electron chi connectivity index (χ3n) is 1.80. The molecule has 0 heterocycles. The lowest BCUT2D eigenvalue weighted by molar-refractivity contribution is -0.148. The number of nitrogens with one attached hydrogen (secondary N) is 1. The zero-order valence-electron chi connectivity index (χ0n) is 9.49. The van der Waals surface area contributed by atoms with E-state index in [4.69, 9.17) is 4.74 Å². The van der Waals surface area contributed by atoms with Crippen molar-refractivity contribution in [3.8, 4) is 0 Å². The van der Waals surface area contributed by atoms with E-state index in [0.29, 0.717) is 26.3 Å². The topological polar surface area (TPSA) is 67.8 Å². The van der Waals surface area contributed by atoms with Crippen LogP contribution in [0.25, 0.3) is 0 Å². The molecule has 0 rings (SSSR count). The summed E-state index contributed by atoms with van der Waals surface area (Å²) in [6, 6.07) is 0. The van der Waals surface area contributed by atoms with Crippen molar-refractivity contribution in [3.05, 3.63) is 0 Å². The van der Waals surface area contributed by atoms with Crippen molar-refractivity contribution in [3.63, 3.8) is 0 Å². The van der Waals surface area contributed by atoms with E-state index in [9.17, 15) is 9.90 Å². The molecule has 0 aromatic heterocycles. The van der Waals surface area contributed by atoms with Gasteiger partial charge in [0.2, 0.25) is 0 Å². The van der Waals surface area contributed by atoms with Gasteiger partial charge < -0.3 is 19.9 Å². The Hall–Kier alpha value is -0.650. The SMILES string of the molecule is CCOC(=O)COCCNCC(O)CC. The lowest BCUT2D eigenvalue weighted by atomic mass is 10.3. The largest absolute Gasteiger partial charge is 0.464 e. The molecule has 15 heavy (non-hydrogen) atoms. The predicted octanol–water partition coefficient (Wildman–Crippen LogP) is -0.0734. The second kappa shape index (κ2) is 9.89. The summed E-state index contributed by atoms with van der Waals surface area (Å²) in [6.45, 7) is 5.66. The van der Waals surface area contributed by atoms with E-state index in [1.165, 1.54) is 0 Å². The Kier molecular flexibility index (Phi) is 9.46. The molecule has 2 N–H and O–H groups in total. The van der Waals surface area contributed by atoms with Crippen LogP contribution in [0.15, 0.2) is 0 Å². The average molecular weight is 219 g/mol. The van der Waals surface area contributed by atoms with Crippen LogP contribution in [-0.4, -0.2) is 50.1 Å². The summed E-state index contributed by atoms with van der Waals surface area (Å²) in [7, 11) is 0. The van der Waals surface area contributed by atoms with Crippen LogP contribution >= 0.6 is 0 Å². The van der Waals surface area contributed by atoms with Crippen molar-refractivity contribution in [1.82, 2.24) is 5.32 Å². The molecule has 0 saturated heterocycles.